The van der Waals surface area contributed by atoms with Crippen molar-refractivity contribution >= 4 is 23.2 Å². The van der Waals surface area contributed by atoms with Crippen molar-refractivity contribution < 1.29 is 18.7 Å². The summed E-state index contributed by atoms with van der Waals surface area (Å²) >= 11 is 1.34. The minimum atomic E-state index is -0.615. The zero-order valence-corrected chi connectivity index (χ0v) is 16.0. The van der Waals surface area contributed by atoms with Gasteiger partial charge in [-0.2, -0.15) is 0 Å². The van der Waals surface area contributed by atoms with Crippen molar-refractivity contribution in [2.75, 3.05) is 13.2 Å². The molecule has 0 unspecified atom stereocenters. The summed E-state index contributed by atoms with van der Waals surface area (Å²) in [7, 11) is 0. The maximum Gasteiger partial charge on any atom is 0.358 e. The number of aromatic nitrogens is 1. The highest BCUT2D eigenvalue weighted by Gasteiger charge is 2.19. The molecule has 1 amide bonds. The highest BCUT2D eigenvalue weighted by Crippen LogP contribution is 2.28. The molecule has 0 aliphatic carbocycles. The lowest BCUT2D eigenvalue weighted by Gasteiger charge is -2.08. The van der Waals surface area contributed by atoms with E-state index in [1.807, 2.05) is 31.2 Å². The largest absolute Gasteiger partial charge is 0.462 e. The molecule has 1 aromatic carbocycles. The van der Waals surface area contributed by atoms with Crippen molar-refractivity contribution in [2.45, 2.75) is 20.3 Å². The maximum absolute atomic E-state index is 12.2. The van der Waals surface area contributed by atoms with Gasteiger partial charge in [-0.15, -0.1) is 11.3 Å². The number of rotatable bonds is 7. The fourth-order valence-corrected chi connectivity index (χ4v) is 3.44. The Morgan fingerprint density at radius 2 is 2.00 bits per heavy atom. The third-order valence-corrected chi connectivity index (χ3v) is 5.02. The Hall–Kier alpha value is -2.93. The van der Waals surface area contributed by atoms with Gasteiger partial charge in [-0.25, -0.2) is 9.78 Å². The molecular formula is C20H20N2O4S. The molecule has 0 atom stereocenters. The van der Waals surface area contributed by atoms with E-state index in [4.69, 9.17) is 9.15 Å². The van der Waals surface area contributed by atoms with Crippen LogP contribution in [0.25, 0.3) is 10.8 Å². The number of aryl methyl sites for hydroxylation is 2. The number of ether oxygens (including phenoxy) is 1. The summed E-state index contributed by atoms with van der Waals surface area (Å²) in [5.74, 6) is -0.359. The predicted octanol–water partition coefficient (Wildman–Crippen LogP) is 3.54. The van der Waals surface area contributed by atoms with Gasteiger partial charge in [0, 0.05) is 11.4 Å². The molecule has 3 aromatic rings. The van der Waals surface area contributed by atoms with Crippen molar-refractivity contribution in [1.82, 2.24) is 10.3 Å². The highest BCUT2D eigenvalue weighted by molar-refractivity contribution is 7.15. The van der Waals surface area contributed by atoms with Crippen LogP contribution in [0.15, 0.2) is 47.1 Å². The normalized spacial score (nSPS) is 10.6. The Kier molecular flexibility index (Phi) is 6.03. The summed E-state index contributed by atoms with van der Waals surface area (Å²) in [5, 5.41) is 3.36. The molecule has 0 radical (unpaired) electrons. The quantitative estimate of drug-likeness (QED) is 0.630. The molecule has 2 heterocycles. The van der Waals surface area contributed by atoms with E-state index in [-0.39, 0.29) is 18.2 Å². The lowest BCUT2D eigenvalue weighted by Crippen LogP contribution is -2.30. The molecule has 0 aliphatic heterocycles. The molecule has 140 valence electrons. The first-order valence-corrected chi connectivity index (χ1v) is 9.36. The number of hydrogen-bond acceptors (Lipinski definition) is 6. The van der Waals surface area contributed by atoms with E-state index in [1.54, 1.807) is 25.3 Å². The molecular weight excluding hydrogens is 364 g/mol. The van der Waals surface area contributed by atoms with Crippen molar-refractivity contribution in [3.8, 4) is 10.8 Å². The number of carbonyl (C=O) groups excluding carboxylic acids is 2. The average Bonchev–Trinajstić information content (AvgIpc) is 3.31. The number of hydrogen-bond donors (Lipinski definition) is 1. The smallest absolute Gasteiger partial charge is 0.358 e. The number of furan rings is 1. The van der Waals surface area contributed by atoms with Crippen LogP contribution in [0.3, 0.4) is 0 Å². The van der Waals surface area contributed by atoms with E-state index in [0.717, 1.165) is 6.42 Å². The zero-order chi connectivity index (χ0) is 19.2. The van der Waals surface area contributed by atoms with Crippen molar-refractivity contribution in [1.29, 1.82) is 0 Å². The Labute approximate surface area is 161 Å². The first-order valence-electron chi connectivity index (χ1n) is 8.54. The van der Waals surface area contributed by atoms with Crippen LogP contribution in [-0.4, -0.2) is 30.0 Å². The van der Waals surface area contributed by atoms with Gasteiger partial charge in [-0.3, -0.25) is 4.79 Å². The molecule has 0 bridgehead atoms. The van der Waals surface area contributed by atoms with Gasteiger partial charge in [0.1, 0.15) is 0 Å². The lowest BCUT2D eigenvalue weighted by atomic mass is 10.1. The topological polar surface area (TPSA) is 81.4 Å². The van der Waals surface area contributed by atoms with Gasteiger partial charge in [-0.1, -0.05) is 24.3 Å². The van der Waals surface area contributed by atoms with Crippen LogP contribution in [-0.2, 0) is 16.0 Å². The van der Waals surface area contributed by atoms with Gasteiger partial charge in [0.2, 0.25) is 0 Å². The Balaban J connectivity index is 1.47. The SMILES string of the molecule is Cc1ccccc1CCNC(=O)COC(=O)c1nc(-c2ccco2)sc1C. The van der Waals surface area contributed by atoms with Crippen molar-refractivity contribution in [3.63, 3.8) is 0 Å². The Bertz CT molecular complexity index is 931. The first-order chi connectivity index (χ1) is 13.0. The number of esters is 1. The summed E-state index contributed by atoms with van der Waals surface area (Å²) in [6.07, 6.45) is 2.27. The second-order valence-electron chi connectivity index (χ2n) is 6.00. The summed E-state index contributed by atoms with van der Waals surface area (Å²) < 4.78 is 10.4. The summed E-state index contributed by atoms with van der Waals surface area (Å²) in [6, 6.07) is 11.5. The van der Waals surface area contributed by atoms with Crippen LogP contribution in [0.4, 0.5) is 0 Å². The monoisotopic (exact) mass is 384 g/mol. The van der Waals surface area contributed by atoms with Crippen molar-refractivity contribution in [2.24, 2.45) is 0 Å². The zero-order valence-electron chi connectivity index (χ0n) is 15.2. The van der Waals surface area contributed by atoms with Gasteiger partial charge >= 0.3 is 5.97 Å². The minimum Gasteiger partial charge on any atom is -0.462 e. The minimum absolute atomic E-state index is 0.208. The number of thiazole rings is 1. The van der Waals surface area contributed by atoms with Gasteiger partial charge < -0.3 is 14.5 Å². The van der Waals surface area contributed by atoms with E-state index in [1.165, 1.54) is 22.5 Å². The maximum atomic E-state index is 12.2. The molecule has 3 rings (SSSR count). The summed E-state index contributed by atoms with van der Waals surface area (Å²) in [5.41, 5.74) is 2.57. The summed E-state index contributed by atoms with van der Waals surface area (Å²) in [4.78, 5) is 29.1. The number of benzene rings is 1. The number of nitrogens with one attached hydrogen (secondary N) is 1. The van der Waals surface area contributed by atoms with Crippen LogP contribution in [0.2, 0.25) is 0 Å². The Morgan fingerprint density at radius 1 is 1.19 bits per heavy atom. The molecule has 0 fully saturated rings. The van der Waals surface area contributed by atoms with Gasteiger partial charge in [-0.05, 0) is 43.5 Å². The number of carbonyl (C=O) groups is 2. The molecule has 0 saturated heterocycles. The molecule has 1 N–H and O–H groups in total. The van der Waals surface area contributed by atoms with E-state index >= 15 is 0 Å². The van der Waals surface area contributed by atoms with Crippen LogP contribution >= 0.6 is 11.3 Å². The lowest BCUT2D eigenvalue weighted by molar-refractivity contribution is -0.124. The standard InChI is InChI=1S/C20H20N2O4S/c1-13-6-3-4-7-15(13)9-10-21-17(23)12-26-20(24)18-14(2)27-19(22-18)16-8-5-11-25-16/h3-8,11H,9-10,12H2,1-2H3,(H,21,23). The van der Waals surface area contributed by atoms with Crippen molar-refractivity contribution in [3.05, 3.63) is 64.4 Å². The fourth-order valence-electron chi connectivity index (χ4n) is 2.57. The predicted molar refractivity (Wildman–Crippen MR) is 103 cm³/mol. The molecule has 2 aromatic heterocycles. The van der Waals surface area contributed by atoms with E-state index in [2.05, 4.69) is 10.3 Å². The molecule has 27 heavy (non-hydrogen) atoms. The van der Waals surface area contributed by atoms with Gasteiger partial charge in [0.05, 0.1) is 6.26 Å². The van der Waals surface area contributed by atoms with Crippen LogP contribution in [0.5, 0.6) is 0 Å². The van der Waals surface area contributed by atoms with Crippen LogP contribution < -0.4 is 5.32 Å². The van der Waals surface area contributed by atoms with E-state index in [0.29, 0.717) is 22.2 Å². The van der Waals surface area contributed by atoms with Crippen LogP contribution in [0, 0.1) is 13.8 Å². The average molecular weight is 384 g/mol. The fraction of sp³-hybridized carbons (Fsp3) is 0.250. The van der Waals surface area contributed by atoms with E-state index < -0.39 is 5.97 Å². The first kappa shape index (κ1) is 18.8. The second kappa shape index (κ2) is 8.64. The second-order valence-corrected chi connectivity index (χ2v) is 7.21. The molecule has 7 heteroatoms. The number of amides is 1. The van der Waals surface area contributed by atoms with Gasteiger partial charge in [0.15, 0.2) is 23.1 Å². The number of nitrogens with zero attached hydrogens (tertiary/aromatic N) is 1. The van der Waals surface area contributed by atoms with E-state index in [9.17, 15) is 9.59 Å². The molecule has 0 spiro atoms. The Morgan fingerprint density at radius 3 is 2.74 bits per heavy atom. The summed E-state index contributed by atoms with van der Waals surface area (Å²) in [6.45, 7) is 3.97. The van der Waals surface area contributed by atoms with Gasteiger partial charge in [0.25, 0.3) is 5.91 Å². The third-order valence-electron chi connectivity index (χ3n) is 4.03. The molecule has 0 saturated carbocycles. The highest BCUT2D eigenvalue weighted by atomic mass is 32.1. The third kappa shape index (κ3) is 4.83. The van der Waals surface area contributed by atoms with Crippen LogP contribution in [0.1, 0.15) is 26.5 Å². The molecule has 0 aliphatic rings. The molecule has 6 nitrogen and oxygen atoms in total.